The molecule has 0 fully saturated rings. The van der Waals surface area contributed by atoms with Crippen molar-refractivity contribution < 1.29 is 9.90 Å². The lowest BCUT2D eigenvalue weighted by Crippen LogP contribution is -2.30. The van der Waals surface area contributed by atoms with Gasteiger partial charge in [0, 0.05) is 23.7 Å². The SMILES string of the molecule is CC(C)CCN1CCSc2cc(C(=O)O)ccc21. The normalized spacial score (nSPS) is 14.7. The summed E-state index contributed by atoms with van der Waals surface area (Å²) < 4.78 is 0. The molecule has 0 aliphatic carbocycles. The molecule has 0 bridgehead atoms. The van der Waals surface area contributed by atoms with E-state index in [1.165, 1.54) is 12.1 Å². The minimum absolute atomic E-state index is 0.381. The maximum absolute atomic E-state index is 11.0. The fraction of sp³-hybridized carbons (Fsp3) is 0.500. The van der Waals surface area contributed by atoms with E-state index in [1.54, 1.807) is 23.9 Å². The highest BCUT2D eigenvalue weighted by atomic mass is 32.2. The van der Waals surface area contributed by atoms with Crippen molar-refractivity contribution in [3.8, 4) is 0 Å². The molecule has 1 heterocycles. The van der Waals surface area contributed by atoms with Gasteiger partial charge in [0.2, 0.25) is 0 Å². The van der Waals surface area contributed by atoms with Gasteiger partial charge in [0.1, 0.15) is 0 Å². The molecule has 2 rings (SSSR count). The van der Waals surface area contributed by atoms with Gasteiger partial charge in [0.25, 0.3) is 0 Å². The Hall–Kier alpha value is -1.16. The van der Waals surface area contributed by atoms with E-state index in [-0.39, 0.29) is 0 Å². The molecule has 0 saturated heterocycles. The first kappa shape index (κ1) is 13.3. The molecule has 0 amide bonds. The van der Waals surface area contributed by atoms with Gasteiger partial charge in [-0.05, 0) is 30.5 Å². The number of carboxylic acids is 1. The standard InChI is InChI=1S/C14H19NO2S/c1-10(2)5-6-15-7-8-18-13-9-11(14(16)17)3-4-12(13)15/h3-4,9-10H,5-8H2,1-2H3,(H,16,17). The number of rotatable bonds is 4. The topological polar surface area (TPSA) is 40.5 Å². The minimum Gasteiger partial charge on any atom is -0.478 e. The monoisotopic (exact) mass is 265 g/mol. The molecule has 0 saturated carbocycles. The van der Waals surface area contributed by atoms with Crippen LogP contribution in [0.15, 0.2) is 23.1 Å². The van der Waals surface area contributed by atoms with E-state index in [2.05, 4.69) is 18.7 Å². The zero-order chi connectivity index (χ0) is 13.1. The van der Waals surface area contributed by atoms with Crippen LogP contribution in [-0.2, 0) is 0 Å². The first-order chi connectivity index (χ1) is 8.58. The van der Waals surface area contributed by atoms with Crippen LogP contribution >= 0.6 is 11.8 Å². The fourth-order valence-corrected chi connectivity index (χ4v) is 3.14. The van der Waals surface area contributed by atoms with Crippen molar-refractivity contribution in [1.29, 1.82) is 0 Å². The summed E-state index contributed by atoms with van der Waals surface area (Å²) in [6, 6.07) is 5.45. The van der Waals surface area contributed by atoms with Crippen molar-refractivity contribution in [3.05, 3.63) is 23.8 Å². The molecule has 4 heteroatoms. The van der Waals surface area contributed by atoms with Crippen molar-refractivity contribution in [2.24, 2.45) is 5.92 Å². The number of hydrogen-bond acceptors (Lipinski definition) is 3. The Kier molecular flexibility index (Phi) is 4.17. The van der Waals surface area contributed by atoms with Crippen molar-refractivity contribution in [3.63, 3.8) is 0 Å². The largest absolute Gasteiger partial charge is 0.478 e. The number of anilines is 1. The Bertz CT molecular complexity index is 445. The third-order valence-corrected chi connectivity index (χ3v) is 4.17. The maximum Gasteiger partial charge on any atom is 0.335 e. The predicted molar refractivity (Wildman–Crippen MR) is 75.8 cm³/mol. The van der Waals surface area contributed by atoms with Gasteiger partial charge in [-0.25, -0.2) is 4.79 Å². The Morgan fingerprint density at radius 3 is 2.94 bits per heavy atom. The molecule has 0 unspecified atom stereocenters. The molecule has 0 radical (unpaired) electrons. The highest BCUT2D eigenvalue weighted by Gasteiger charge is 2.18. The van der Waals surface area contributed by atoms with Crippen LogP contribution in [0.25, 0.3) is 0 Å². The molecule has 1 aliphatic rings. The number of aromatic carboxylic acids is 1. The lowest BCUT2D eigenvalue weighted by Gasteiger charge is -2.31. The summed E-state index contributed by atoms with van der Waals surface area (Å²) in [5.41, 5.74) is 1.57. The third kappa shape index (κ3) is 2.99. The molecule has 18 heavy (non-hydrogen) atoms. The summed E-state index contributed by atoms with van der Waals surface area (Å²) in [5, 5.41) is 9.01. The summed E-state index contributed by atoms with van der Waals surface area (Å²) in [6.45, 7) is 6.56. The van der Waals surface area contributed by atoms with Gasteiger partial charge < -0.3 is 10.0 Å². The first-order valence-corrected chi connectivity index (χ1v) is 7.31. The summed E-state index contributed by atoms with van der Waals surface area (Å²) in [7, 11) is 0. The van der Waals surface area contributed by atoms with E-state index >= 15 is 0 Å². The Labute approximate surface area is 112 Å². The number of carbonyl (C=O) groups is 1. The van der Waals surface area contributed by atoms with Gasteiger partial charge >= 0.3 is 5.97 Å². The first-order valence-electron chi connectivity index (χ1n) is 6.33. The van der Waals surface area contributed by atoms with Crippen LogP contribution in [0.4, 0.5) is 5.69 Å². The van der Waals surface area contributed by atoms with E-state index in [0.717, 1.165) is 23.7 Å². The van der Waals surface area contributed by atoms with Crippen LogP contribution in [0.2, 0.25) is 0 Å². The second kappa shape index (κ2) is 5.65. The van der Waals surface area contributed by atoms with Crippen molar-refractivity contribution in [2.75, 3.05) is 23.7 Å². The summed E-state index contributed by atoms with van der Waals surface area (Å²) in [5.74, 6) is 0.882. The van der Waals surface area contributed by atoms with E-state index in [0.29, 0.717) is 11.5 Å². The average molecular weight is 265 g/mol. The van der Waals surface area contributed by atoms with Crippen molar-refractivity contribution >= 4 is 23.4 Å². The molecule has 1 aromatic carbocycles. The maximum atomic E-state index is 11.0. The Morgan fingerprint density at radius 1 is 1.50 bits per heavy atom. The van der Waals surface area contributed by atoms with Gasteiger partial charge in [-0.2, -0.15) is 0 Å². The third-order valence-electron chi connectivity index (χ3n) is 3.14. The Morgan fingerprint density at radius 2 is 2.28 bits per heavy atom. The number of nitrogens with zero attached hydrogens (tertiary/aromatic N) is 1. The quantitative estimate of drug-likeness (QED) is 0.906. The summed E-state index contributed by atoms with van der Waals surface area (Å²) >= 11 is 1.75. The number of benzene rings is 1. The smallest absolute Gasteiger partial charge is 0.335 e. The number of fused-ring (bicyclic) bond motifs is 1. The molecular weight excluding hydrogens is 246 g/mol. The van der Waals surface area contributed by atoms with E-state index < -0.39 is 5.97 Å². The molecular formula is C14H19NO2S. The lowest BCUT2D eigenvalue weighted by atomic mass is 10.1. The van der Waals surface area contributed by atoms with Gasteiger partial charge in [0.15, 0.2) is 0 Å². The lowest BCUT2D eigenvalue weighted by molar-refractivity contribution is 0.0696. The fourth-order valence-electron chi connectivity index (χ4n) is 2.06. The zero-order valence-electron chi connectivity index (χ0n) is 10.8. The number of hydrogen-bond donors (Lipinski definition) is 1. The zero-order valence-corrected chi connectivity index (χ0v) is 11.7. The molecule has 98 valence electrons. The molecule has 0 spiro atoms. The highest BCUT2D eigenvalue weighted by Crippen LogP contribution is 2.35. The molecule has 1 N–H and O–H groups in total. The average Bonchev–Trinajstić information content (AvgIpc) is 2.35. The van der Waals surface area contributed by atoms with Crippen LogP contribution in [-0.4, -0.2) is 29.9 Å². The van der Waals surface area contributed by atoms with Crippen LogP contribution in [0.1, 0.15) is 30.6 Å². The van der Waals surface area contributed by atoms with Crippen molar-refractivity contribution in [1.82, 2.24) is 0 Å². The molecule has 0 atom stereocenters. The number of carboxylic acid groups (broad SMARTS) is 1. The van der Waals surface area contributed by atoms with Gasteiger partial charge in [-0.1, -0.05) is 13.8 Å². The van der Waals surface area contributed by atoms with Crippen LogP contribution in [0.3, 0.4) is 0 Å². The molecule has 0 aromatic heterocycles. The van der Waals surface area contributed by atoms with Gasteiger partial charge in [0.05, 0.1) is 11.3 Å². The minimum atomic E-state index is -0.849. The van der Waals surface area contributed by atoms with Crippen LogP contribution < -0.4 is 4.90 Å². The van der Waals surface area contributed by atoms with Crippen molar-refractivity contribution in [2.45, 2.75) is 25.2 Å². The predicted octanol–water partition coefficient (Wildman–Crippen LogP) is 3.34. The molecule has 3 nitrogen and oxygen atoms in total. The molecule has 1 aliphatic heterocycles. The second-order valence-corrected chi connectivity index (χ2v) is 6.14. The van der Waals surface area contributed by atoms with Crippen LogP contribution in [0, 0.1) is 5.92 Å². The van der Waals surface area contributed by atoms with E-state index in [9.17, 15) is 4.79 Å². The summed E-state index contributed by atoms with van der Waals surface area (Å²) in [4.78, 5) is 14.4. The Balaban J connectivity index is 2.19. The molecule has 1 aromatic rings. The van der Waals surface area contributed by atoms with Gasteiger partial charge in [-0.15, -0.1) is 11.8 Å². The highest BCUT2D eigenvalue weighted by molar-refractivity contribution is 7.99. The van der Waals surface area contributed by atoms with E-state index in [4.69, 9.17) is 5.11 Å². The van der Waals surface area contributed by atoms with Gasteiger partial charge in [-0.3, -0.25) is 0 Å². The summed E-state index contributed by atoms with van der Waals surface area (Å²) in [6.07, 6.45) is 1.17. The second-order valence-electron chi connectivity index (χ2n) is 5.01. The number of thioether (sulfide) groups is 1. The van der Waals surface area contributed by atoms with Crippen LogP contribution in [0.5, 0.6) is 0 Å². The van der Waals surface area contributed by atoms with E-state index in [1.807, 2.05) is 6.07 Å².